The van der Waals surface area contributed by atoms with E-state index in [1.807, 2.05) is 30.3 Å². The molecular formula is C16H15ClFN. The Kier molecular flexibility index (Phi) is 3.54. The Balaban J connectivity index is 1.94. The predicted octanol–water partition coefficient (Wildman–Crippen LogP) is 3.95. The first-order chi connectivity index (χ1) is 9.25. The summed E-state index contributed by atoms with van der Waals surface area (Å²) in [4.78, 5) is 0. The van der Waals surface area contributed by atoms with Crippen LogP contribution in [0.2, 0.25) is 5.02 Å². The maximum atomic E-state index is 13.0. The Hall–Kier alpha value is -1.38. The molecule has 1 fully saturated rings. The molecule has 0 saturated carbocycles. The summed E-state index contributed by atoms with van der Waals surface area (Å²) in [5.74, 6) is 0.503. The first-order valence-electron chi connectivity index (χ1n) is 6.46. The molecule has 1 heterocycles. The van der Waals surface area contributed by atoms with Gasteiger partial charge >= 0.3 is 0 Å². The summed E-state index contributed by atoms with van der Waals surface area (Å²) in [5.41, 5.74) is 2.33. The molecule has 1 nitrogen and oxygen atoms in total. The Morgan fingerprint density at radius 2 is 1.63 bits per heavy atom. The van der Waals surface area contributed by atoms with Gasteiger partial charge in [-0.15, -0.1) is 0 Å². The molecule has 2 aromatic carbocycles. The monoisotopic (exact) mass is 275 g/mol. The lowest BCUT2D eigenvalue weighted by Gasteiger charge is -2.20. The van der Waals surface area contributed by atoms with Crippen molar-refractivity contribution in [2.75, 3.05) is 13.1 Å². The molecule has 0 aliphatic carbocycles. The molecule has 2 aromatic rings. The van der Waals surface area contributed by atoms with Gasteiger partial charge in [-0.05, 0) is 29.3 Å². The van der Waals surface area contributed by atoms with Gasteiger partial charge in [0.25, 0.3) is 0 Å². The highest BCUT2D eigenvalue weighted by Gasteiger charge is 2.30. The standard InChI is InChI=1S/C16H15ClFN/c17-16-4-2-1-3-13(16)15-10-19-9-14(15)11-5-7-12(18)8-6-11/h1-8,14-15,19H,9-10H2. The highest BCUT2D eigenvalue weighted by molar-refractivity contribution is 6.31. The van der Waals surface area contributed by atoms with Crippen LogP contribution < -0.4 is 5.32 Å². The van der Waals surface area contributed by atoms with Gasteiger partial charge < -0.3 is 5.32 Å². The van der Waals surface area contributed by atoms with Gasteiger partial charge in [0.05, 0.1) is 0 Å². The Bertz CT molecular complexity index is 567. The van der Waals surface area contributed by atoms with Crippen molar-refractivity contribution < 1.29 is 4.39 Å². The fourth-order valence-electron chi connectivity index (χ4n) is 2.84. The van der Waals surface area contributed by atoms with Crippen LogP contribution in [-0.4, -0.2) is 13.1 Å². The molecule has 0 radical (unpaired) electrons. The molecular weight excluding hydrogens is 261 g/mol. The molecule has 1 aliphatic rings. The van der Waals surface area contributed by atoms with Crippen LogP contribution in [-0.2, 0) is 0 Å². The number of hydrogen-bond acceptors (Lipinski definition) is 1. The van der Waals surface area contributed by atoms with Crippen LogP contribution in [0.5, 0.6) is 0 Å². The fraction of sp³-hybridized carbons (Fsp3) is 0.250. The van der Waals surface area contributed by atoms with Crippen molar-refractivity contribution in [1.82, 2.24) is 5.32 Å². The van der Waals surface area contributed by atoms with Crippen molar-refractivity contribution in [3.8, 4) is 0 Å². The van der Waals surface area contributed by atoms with Crippen LogP contribution in [0.25, 0.3) is 0 Å². The minimum absolute atomic E-state index is 0.191. The molecule has 19 heavy (non-hydrogen) atoms. The SMILES string of the molecule is Fc1ccc(C2CNCC2c2ccccc2Cl)cc1. The van der Waals surface area contributed by atoms with Crippen molar-refractivity contribution in [2.45, 2.75) is 11.8 Å². The van der Waals surface area contributed by atoms with E-state index in [1.54, 1.807) is 0 Å². The summed E-state index contributed by atoms with van der Waals surface area (Å²) in [6, 6.07) is 14.8. The van der Waals surface area contributed by atoms with Crippen molar-refractivity contribution >= 4 is 11.6 Å². The molecule has 3 heteroatoms. The van der Waals surface area contributed by atoms with E-state index in [9.17, 15) is 4.39 Å². The fourth-order valence-corrected chi connectivity index (χ4v) is 3.12. The molecule has 1 N–H and O–H groups in total. The van der Waals surface area contributed by atoms with Gasteiger partial charge in [-0.25, -0.2) is 4.39 Å². The van der Waals surface area contributed by atoms with Crippen molar-refractivity contribution in [3.05, 3.63) is 70.5 Å². The number of benzene rings is 2. The average Bonchev–Trinajstić information content (AvgIpc) is 2.89. The molecule has 0 aromatic heterocycles. The number of nitrogens with one attached hydrogen (secondary N) is 1. The van der Waals surface area contributed by atoms with Crippen molar-refractivity contribution in [2.24, 2.45) is 0 Å². The van der Waals surface area contributed by atoms with E-state index in [2.05, 4.69) is 11.4 Å². The first kappa shape index (κ1) is 12.6. The molecule has 0 amide bonds. The van der Waals surface area contributed by atoms with Gasteiger partial charge in [0.15, 0.2) is 0 Å². The largest absolute Gasteiger partial charge is 0.315 e. The van der Waals surface area contributed by atoms with E-state index < -0.39 is 0 Å². The van der Waals surface area contributed by atoms with Crippen molar-refractivity contribution in [3.63, 3.8) is 0 Å². The maximum Gasteiger partial charge on any atom is 0.123 e. The Morgan fingerprint density at radius 1 is 0.947 bits per heavy atom. The van der Waals surface area contributed by atoms with Crippen molar-refractivity contribution in [1.29, 1.82) is 0 Å². The van der Waals surface area contributed by atoms with E-state index in [4.69, 9.17) is 11.6 Å². The smallest absolute Gasteiger partial charge is 0.123 e. The van der Waals surface area contributed by atoms with E-state index in [0.717, 1.165) is 23.7 Å². The van der Waals surface area contributed by atoms with Gasteiger partial charge in [0, 0.05) is 29.9 Å². The zero-order valence-corrected chi connectivity index (χ0v) is 11.2. The van der Waals surface area contributed by atoms with Crippen LogP contribution in [0, 0.1) is 5.82 Å². The third kappa shape index (κ3) is 2.51. The molecule has 1 saturated heterocycles. The molecule has 0 bridgehead atoms. The summed E-state index contributed by atoms with van der Waals surface area (Å²) in [5, 5.41) is 4.22. The van der Waals surface area contributed by atoms with Gasteiger partial charge in [0.2, 0.25) is 0 Å². The summed E-state index contributed by atoms with van der Waals surface area (Å²) in [6.07, 6.45) is 0. The van der Waals surface area contributed by atoms with E-state index in [0.29, 0.717) is 11.8 Å². The van der Waals surface area contributed by atoms with E-state index >= 15 is 0 Å². The molecule has 2 unspecified atom stereocenters. The third-order valence-corrected chi connectivity index (χ3v) is 4.16. The second-order valence-electron chi connectivity index (χ2n) is 4.94. The summed E-state index contributed by atoms with van der Waals surface area (Å²) >= 11 is 6.29. The van der Waals surface area contributed by atoms with Crippen LogP contribution in [0.1, 0.15) is 23.0 Å². The Labute approximate surface area is 117 Å². The highest BCUT2D eigenvalue weighted by Crippen LogP contribution is 2.38. The topological polar surface area (TPSA) is 12.0 Å². The maximum absolute atomic E-state index is 13.0. The lowest BCUT2D eigenvalue weighted by Crippen LogP contribution is -2.09. The Morgan fingerprint density at radius 3 is 2.37 bits per heavy atom. The zero-order chi connectivity index (χ0) is 13.2. The van der Waals surface area contributed by atoms with Crippen LogP contribution in [0.4, 0.5) is 4.39 Å². The van der Waals surface area contributed by atoms with Crippen LogP contribution in [0.3, 0.4) is 0 Å². The van der Waals surface area contributed by atoms with Gasteiger partial charge in [0.1, 0.15) is 5.82 Å². The van der Waals surface area contributed by atoms with Gasteiger partial charge in [-0.3, -0.25) is 0 Å². The summed E-state index contributed by atoms with van der Waals surface area (Å²) in [7, 11) is 0. The lowest BCUT2D eigenvalue weighted by molar-refractivity contribution is 0.621. The third-order valence-electron chi connectivity index (χ3n) is 3.82. The van der Waals surface area contributed by atoms with Crippen LogP contribution >= 0.6 is 11.6 Å². The van der Waals surface area contributed by atoms with Crippen LogP contribution in [0.15, 0.2) is 48.5 Å². The lowest BCUT2D eigenvalue weighted by atomic mass is 9.84. The average molecular weight is 276 g/mol. The first-order valence-corrected chi connectivity index (χ1v) is 6.84. The summed E-state index contributed by atoms with van der Waals surface area (Å²) < 4.78 is 13.0. The molecule has 2 atom stereocenters. The minimum atomic E-state index is -0.191. The molecule has 0 spiro atoms. The molecule has 1 aliphatic heterocycles. The normalized spacial score (nSPS) is 22.6. The van der Waals surface area contributed by atoms with Gasteiger partial charge in [-0.2, -0.15) is 0 Å². The second-order valence-corrected chi connectivity index (χ2v) is 5.35. The minimum Gasteiger partial charge on any atom is -0.315 e. The highest BCUT2D eigenvalue weighted by atomic mass is 35.5. The zero-order valence-electron chi connectivity index (χ0n) is 10.4. The summed E-state index contributed by atoms with van der Waals surface area (Å²) in [6.45, 7) is 1.81. The number of halogens is 2. The quantitative estimate of drug-likeness (QED) is 0.875. The second kappa shape index (κ2) is 5.32. The van der Waals surface area contributed by atoms with E-state index in [-0.39, 0.29) is 5.82 Å². The number of hydrogen-bond donors (Lipinski definition) is 1. The van der Waals surface area contributed by atoms with E-state index in [1.165, 1.54) is 17.7 Å². The molecule has 3 rings (SSSR count). The molecule has 98 valence electrons. The number of rotatable bonds is 2. The predicted molar refractivity (Wildman–Crippen MR) is 76.2 cm³/mol. The van der Waals surface area contributed by atoms with Gasteiger partial charge in [-0.1, -0.05) is 41.9 Å².